The number of halogens is 1. The number of benzene rings is 2. The Morgan fingerprint density at radius 1 is 1.06 bits per heavy atom. The third kappa shape index (κ3) is 5.48. The van der Waals surface area contributed by atoms with Crippen molar-refractivity contribution in [2.75, 3.05) is 48.4 Å². The van der Waals surface area contributed by atoms with Crippen LogP contribution in [-0.2, 0) is 9.53 Å². The van der Waals surface area contributed by atoms with E-state index in [1.54, 1.807) is 0 Å². The molecule has 1 aromatic heterocycles. The quantitative estimate of drug-likeness (QED) is 0.386. The minimum absolute atomic E-state index is 0.0213. The van der Waals surface area contributed by atoms with Gasteiger partial charge in [-0.2, -0.15) is 0 Å². The monoisotopic (exact) mass is 570 g/mol. The Labute approximate surface area is 212 Å². The summed E-state index contributed by atoms with van der Waals surface area (Å²) in [5.74, 6) is 0.562. The third-order valence-electron chi connectivity index (χ3n) is 6.05. The molecule has 34 heavy (non-hydrogen) atoms. The Morgan fingerprint density at radius 2 is 1.79 bits per heavy atom. The predicted molar refractivity (Wildman–Crippen MR) is 143 cm³/mol. The van der Waals surface area contributed by atoms with Gasteiger partial charge in [-0.3, -0.25) is 4.79 Å². The summed E-state index contributed by atoms with van der Waals surface area (Å²) in [5.41, 5.74) is 4.72. The van der Waals surface area contributed by atoms with Crippen LogP contribution in [0.5, 0.6) is 0 Å². The van der Waals surface area contributed by atoms with Gasteiger partial charge in [-0.1, -0.05) is 12.1 Å². The molecule has 5 rings (SSSR count). The van der Waals surface area contributed by atoms with Crippen molar-refractivity contribution in [2.24, 2.45) is 0 Å². The number of nitrogens with zero attached hydrogens (tertiary/aromatic N) is 3. The van der Waals surface area contributed by atoms with Crippen molar-refractivity contribution in [1.82, 2.24) is 15.3 Å². The molecule has 0 saturated carbocycles. The second-order valence-corrected chi connectivity index (χ2v) is 9.54. The Morgan fingerprint density at radius 3 is 2.50 bits per heavy atom. The molecule has 0 unspecified atom stereocenters. The molecule has 1 atom stereocenters. The fraction of sp³-hybridized carbons (Fsp3) is 0.320. The van der Waals surface area contributed by atoms with Crippen LogP contribution in [0.4, 0.5) is 23.0 Å². The molecule has 0 bridgehead atoms. The summed E-state index contributed by atoms with van der Waals surface area (Å²) in [7, 11) is 0. The molecule has 0 radical (unpaired) electrons. The lowest BCUT2D eigenvalue weighted by Gasteiger charge is -2.28. The van der Waals surface area contributed by atoms with Crippen molar-refractivity contribution < 1.29 is 9.53 Å². The van der Waals surface area contributed by atoms with Crippen molar-refractivity contribution in [3.8, 4) is 11.3 Å². The molecule has 8 nitrogen and oxygen atoms in total. The predicted octanol–water partition coefficient (Wildman–Crippen LogP) is 4.02. The number of rotatable bonds is 6. The first-order chi connectivity index (χ1) is 16.7. The Hall–Kier alpha value is -2.76. The van der Waals surface area contributed by atoms with Crippen LogP contribution in [0.25, 0.3) is 11.3 Å². The van der Waals surface area contributed by atoms with Gasteiger partial charge in [0.25, 0.3) is 0 Å². The number of hydrogen-bond donors (Lipinski definition) is 3. The van der Waals surface area contributed by atoms with E-state index < -0.39 is 0 Å². The van der Waals surface area contributed by atoms with Crippen LogP contribution < -0.4 is 20.9 Å². The van der Waals surface area contributed by atoms with E-state index in [0.29, 0.717) is 5.95 Å². The van der Waals surface area contributed by atoms with Gasteiger partial charge in [0.05, 0.1) is 28.5 Å². The molecule has 2 aromatic carbocycles. The maximum absolute atomic E-state index is 12.3. The van der Waals surface area contributed by atoms with Gasteiger partial charge in [0.15, 0.2) is 0 Å². The van der Waals surface area contributed by atoms with E-state index in [1.165, 1.54) is 5.69 Å². The molecule has 9 heteroatoms. The summed E-state index contributed by atoms with van der Waals surface area (Å²) in [6.45, 7) is 4.26. The molecule has 3 heterocycles. The number of carbonyl (C=O) groups excluding carboxylic acids is 1. The van der Waals surface area contributed by atoms with Gasteiger partial charge in [-0.05, 0) is 78.4 Å². The number of amides is 1. The Kier molecular flexibility index (Phi) is 7.21. The van der Waals surface area contributed by atoms with E-state index in [4.69, 9.17) is 9.72 Å². The lowest BCUT2D eigenvalue weighted by atomic mass is 10.1. The van der Waals surface area contributed by atoms with Crippen LogP contribution in [-0.4, -0.2) is 54.8 Å². The molecule has 2 saturated heterocycles. The highest BCUT2D eigenvalue weighted by molar-refractivity contribution is 14.1. The van der Waals surface area contributed by atoms with E-state index in [1.807, 2.05) is 42.6 Å². The lowest BCUT2D eigenvalue weighted by molar-refractivity contribution is -0.117. The molecule has 2 aliphatic heterocycles. The molecule has 3 N–H and O–H groups in total. The normalized spacial score (nSPS) is 18.0. The van der Waals surface area contributed by atoms with E-state index >= 15 is 0 Å². The van der Waals surface area contributed by atoms with Gasteiger partial charge in [-0.25, -0.2) is 9.97 Å². The zero-order valence-corrected chi connectivity index (χ0v) is 20.9. The van der Waals surface area contributed by atoms with Crippen LogP contribution >= 0.6 is 22.6 Å². The molecule has 2 fully saturated rings. The van der Waals surface area contributed by atoms with E-state index in [2.05, 4.69) is 60.6 Å². The second-order valence-electron chi connectivity index (χ2n) is 8.38. The molecule has 0 aliphatic carbocycles. The van der Waals surface area contributed by atoms with Crippen molar-refractivity contribution in [3.05, 3.63) is 58.3 Å². The smallest absolute Gasteiger partial charge is 0.241 e. The third-order valence-corrected chi connectivity index (χ3v) is 6.84. The zero-order valence-electron chi connectivity index (χ0n) is 18.8. The fourth-order valence-corrected chi connectivity index (χ4v) is 4.76. The van der Waals surface area contributed by atoms with Gasteiger partial charge in [0, 0.05) is 41.9 Å². The van der Waals surface area contributed by atoms with E-state index in [-0.39, 0.29) is 11.9 Å². The Bertz CT molecular complexity index is 1130. The number of anilines is 4. The number of ether oxygens (including phenoxy) is 1. The average molecular weight is 570 g/mol. The summed E-state index contributed by atoms with van der Waals surface area (Å²) in [6, 6.07) is 16.0. The number of morpholine rings is 1. The van der Waals surface area contributed by atoms with Crippen molar-refractivity contribution in [2.45, 2.75) is 18.9 Å². The van der Waals surface area contributed by atoms with Crippen LogP contribution in [0, 0.1) is 3.57 Å². The van der Waals surface area contributed by atoms with Crippen molar-refractivity contribution in [1.29, 1.82) is 0 Å². The van der Waals surface area contributed by atoms with Crippen LogP contribution in [0.2, 0.25) is 0 Å². The van der Waals surface area contributed by atoms with Crippen LogP contribution in [0.1, 0.15) is 12.8 Å². The van der Waals surface area contributed by atoms with Crippen molar-refractivity contribution >= 4 is 51.5 Å². The largest absolute Gasteiger partial charge is 0.378 e. The maximum Gasteiger partial charge on any atom is 0.241 e. The number of nitrogens with one attached hydrogen (secondary N) is 3. The topological polar surface area (TPSA) is 91.4 Å². The maximum atomic E-state index is 12.3. The van der Waals surface area contributed by atoms with Gasteiger partial charge in [0.1, 0.15) is 0 Å². The van der Waals surface area contributed by atoms with E-state index in [0.717, 1.165) is 71.9 Å². The summed E-state index contributed by atoms with van der Waals surface area (Å²) in [5, 5.41) is 9.52. The molecule has 176 valence electrons. The van der Waals surface area contributed by atoms with Gasteiger partial charge in [0.2, 0.25) is 11.9 Å². The fourth-order valence-electron chi connectivity index (χ4n) is 4.19. The molecular formula is C25H27IN6O2. The molecule has 0 spiro atoms. The summed E-state index contributed by atoms with van der Waals surface area (Å²) in [4.78, 5) is 23.9. The first-order valence-electron chi connectivity index (χ1n) is 11.5. The molecule has 3 aromatic rings. The van der Waals surface area contributed by atoms with Gasteiger partial charge in [-0.15, -0.1) is 0 Å². The molecular weight excluding hydrogens is 543 g/mol. The highest BCUT2D eigenvalue weighted by atomic mass is 127. The zero-order chi connectivity index (χ0) is 23.3. The standard InChI is InChI=1S/C25H27IN6O2/c26-21-16-28-25(30-19-7-9-20(10-8-19)32-12-14-34-15-13-32)31-23(21)17-3-5-18(6-4-17)29-24(33)22-2-1-11-27-22/h3-10,16,22,27H,1-2,11-15H2,(H,29,33)(H,28,30,31)/t22-/m1/s1. The van der Waals surface area contributed by atoms with Crippen molar-refractivity contribution in [3.63, 3.8) is 0 Å². The van der Waals surface area contributed by atoms with Crippen LogP contribution in [0.3, 0.4) is 0 Å². The summed E-state index contributed by atoms with van der Waals surface area (Å²) < 4.78 is 6.39. The number of aromatic nitrogens is 2. The minimum Gasteiger partial charge on any atom is -0.378 e. The van der Waals surface area contributed by atoms with Crippen LogP contribution in [0.15, 0.2) is 54.7 Å². The molecule has 2 aliphatic rings. The number of carbonyl (C=O) groups is 1. The first kappa shape index (κ1) is 23.0. The average Bonchev–Trinajstić information content (AvgIpc) is 3.42. The lowest BCUT2D eigenvalue weighted by Crippen LogP contribution is -2.36. The molecule has 1 amide bonds. The highest BCUT2D eigenvalue weighted by Gasteiger charge is 2.22. The van der Waals surface area contributed by atoms with E-state index in [9.17, 15) is 4.79 Å². The summed E-state index contributed by atoms with van der Waals surface area (Å²) >= 11 is 2.25. The Balaban J connectivity index is 1.26. The second kappa shape index (κ2) is 10.7. The SMILES string of the molecule is O=C(Nc1ccc(-c2nc(Nc3ccc(N4CCOCC4)cc3)ncc2I)cc1)[C@H]1CCCN1. The summed E-state index contributed by atoms with van der Waals surface area (Å²) in [6.07, 6.45) is 3.74. The van der Waals surface area contributed by atoms with Gasteiger partial charge < -0.3 is 25.6 Å². The minimum atomic E-state index is -0.0981. The number of hydrogen-bond acceptors (Lipinski definition) is 7. The first-order valence-corrected chi connectivity index (χ1v) is 12.6. The highest BCUT2D eigenvalue weighted by Crippen LogP contribution is 2.27. The van der Waals surface area contributed by atoms with Gasteiger partial charge >= 0.3 is 0 Å².